The number of hydrogen-bond donors (Lipinski definition) is 2. The second-order valence-corrected chi connectivity index (χ2v) is 6.70. The monoisotopic (exact) mass is 222 g/mol. The van der Waals surface area contributed by atoms with E-state index in [9.17, 15) is 0 Å². The van der Waals surface area contributed by atoms with Crippen molar-refractivity contribution in [3.8, 4) is 0 Å². The van der Waals surface area contributed by atoms with Crippen molar-refractivity contribution in [2.45, 2.75) is 38.5 Å². The van der Waals surface area contributed by atoms with Gasteiger partial charge in [0.2, 0.25) is 0 Å². The summed E-state index contributed by atoms with van der Waals surface area (Å²) in [7, 11) is 2.03. The molecule has 4 saturated carbocycles. The van der Waals surface area contributed by atoms with Crippen LogP contribution in [0.3, 0.4) is 0 Å². The van der Waals surface area contributed by atoms with Gasteiger partial charge in [-0.25, -0.2) is 0 Å². The van der Waals surface area contributed by atoms with Crippen LogP contribution in [0.2, 0.25) is 0 Å². The zero-order chi connectivity index (χ0) is 11.0. The first kappa shape index (κ1) is 11.0. The summed E-state index contributed by atoms with van der Waals surface area (Å²) in [5.41, 5.74) is 0.711. The highest BCUT2D eigenvalue weighted by Gasteiger charge is 2.50. The number of nitrogens with one attached hydrogen (secondary N) is 2. The van der Waals surface area contributed by atoms with E-state index < -0.39 is 0 Å². The molecule has 0 heterocycles. The van der Waals surface area contributed by atoms with Gasteiger partial charge in [0.25, 0.3) is 0 Å². The smallest absolute Gasteiger partial charge is 0.00768 e. The molecule has 0 unspecified atom stereocenters. The Kier molecular flexibility index (Phi) is 2.97. The molecule has 0 radical (unpaired) electrons. The SMILES string of the molecule is CNCCNCC12CC3CC(CC(C3)C1)C2. The highest BCUT2D eigenvalue weighted by atomic mass is 14.9. The number of hydrogen-bond acceptors (Lipinski definition) is 2. The molecule has 0 aromatic rings. The van der Waals surface area contributed by atoms with Gasteiger partial charge in [-0.3, -0.25) is 0 Å². The van der Waals surface area contributed by atoms with E-state index >= 15 is 0 Å². The number of likely N-dealkylation sites (N-methyl/N-ethyl adjacent to an activating group) is 1. The molecule has 4 fully saturated rings. The molecule has 2 nitrogen and oxygen atoms in total. The Bertz CT molecular complexity index is 214. The second kappa shape index (κ2) is 4.30. The topological polar surface area (TPSA) is 24.1 Å². The second-order valence-electron chi connectivity index (χ2n) is 6.70. The molecule has 2 heteroatoms. The molecule has 92 valence electrons. The predicted molar refractivity (Wildman–Crippen MR) is 67.4 cm³/mol. The molecule has 4 aliphatic rings. The third kappa shape index (κ3) is 2.02. The average molecular weight is 222 g/mol. The van der Waals surface area contributed by atoms with E-state index in [0.29, 0.717) is 5.41 Å². The summed E-state index contributed by atoms with van der Waals surface area (Å²) >= 11 is 0. The van der Waals surface area contributed by atoms with E-state index in [1.54, 1.807) is 19.3 Å². The van der Waals surface area contributed by atoms with Crippen LogP contribution >= 0.6 is 0 Å². The first-order valence-electron chi connectivity index (χ1n) is 7.15. The summed E-state index contributed by atoms with van der Waals surface area (Å²) in [5, 5.41) is 6.89. The van der Waals surface area contributed by atoms with Gasteiger partial charge in [0.15, 0.2) is 0 Å². The summed E-state index contributed by atoms with van der Waals surface area (Å²) in [5.74, 6) is 3.28. The highest BCUT2D eigenvalue weighted by Crippen LogP contribution is 2.59. The van der Waals surface area contributed by atoms with E-state index in [0.717, 1.165) is 30.8 Å². The summed E-state index contributed by atoms with van der Waals surface area (Å²) in [6.07, 6.45) is 9.30. The Morgan fingerprint density at radius 3 is 2.00 bits per heavy atom. The molecular formula is C14H26N2. The van der Waals surface area contributed by atoms with Gasteiger partial charge in [-0.1, -0.05) is 0 Å². The van der Waals surface area contributed by atoms with E-state index in [1.165, 1.54) is 25.8 Å². The van der Waals surface area contributed by atoms with Crippen LogP contribution in [0.4, 0.5) is 0 Å². The Labute approximate surface area is 99.6 Å². The molecule has 0 aromatic heterocycles. The van der Waals surface area contributed by atoms with Crippen LogP contribution < -0.4 is 10.6 Å². The largest absolute Gasteiger partial charge is 0.318 e. The van der Waals surface area contributed by atoms with Gasteiger partial charge in [0.05, 0.1) is 0 Å². The van der Waals surface area contributed by atoms with Crippen molar-refractivity contribution < 1.29 is 0 Å². The van der Waals surface area contributed by atoms with Crippen molar-refractivity contribution in [3.63, 3.8) is 0 Å². The maximum atomic E-state index is 3.68. The van der Waals surface area contributed by atoms with Crippen molar-refractivity contribution in [1.82, 2.24) is 10.6 Å². The molecule has 4 aliphatic carbocycles. The van der Waals surface area contributed by atoms with Crippen LogP contribution in [-0.4, -0.2) is 26.7 Å². The minimum atomic E-state index is 0.711. The first-order valence-corrected chi connectivity index (χ1v) is 7.15. The molecule has 0 amide bonds. The Hall–Kier alpha value is -0.0800. The van der Waals surface area contributed by atoms with Crippen molar-refractivity contribution in [2.24, 2.45) is 23.2 Å². The van der Waals surface area contributed by atoms with Gasteiger partial charge in [-0.2, -0.15) is 0 Å². The standard InChI is InChI=1S/C14H26N2/c1-15-2-3-16-10-14-7-11-4-12(8-14)6-13(5-11)9-14/h11-13,15-16H,2-10H2,1H3. The van der Waals surface area contributed by atoms with Crippen molar-refractivity contribution >= 4 is 0 Å². The molecule has 0 aromatic carbocycles. The summed E-state index contributed by atoms with van der Waals surface area (Å²) < 4.78 is 0. The van der Waals surface area contributed by atoms with Crippen LogP contribution in [0.25, 0.3) is 0 Å². The maximum Gasteiger partial charge on any atom is 0.00768 e. The quantitative estimate of drug-likeness (QED) is 0.695. The molecule has 0 aliphatic heterocycles. The lowest BCUT2D eigenvalue weighted by Crippen LogP contribution is -2.50. The molecule has 0 spiro atoms. The molecule has 0 atom stereocenters. The maximum absolute atomic E-state index is 3.68. The zero-order valence-electron chi connectivity index (χ0n) is 10.6. The third-order valence-corrected chi connectivity index (χ3v) is 5.22. The van der Waals surface area contributed by atoms with Gasteiger partial charge in [0.1, 0.15) is 0 Å². The van der Waals surface area contributed by atoms with Crippen LogP contribution in [-0.2, 0) is 0 Å². The van der Waals surface area contributed by atoms with Gasteiger partial charge in [0, 0.05) is 19.6 Å². The lowest BCUT2D eigenvalue weighted by molar-refractivity contribution is -0.0511. The van der Waals surface area contributed by atoms with Crippen LogP contribution in [0.1, 0.15) is 38.5 Å². The molecular weight excluding hydrogens is 196 g/mol. The average Bonchev–Trinajstić information content (AvgIpc) is 2.22. The van der Waals surface area contributed by atoms with Crippen LogP contribution in [0.5, 0.6) is 0 Å². The first-order chi connectivity index (χ1) is 7.80. The minimum Gasteiger partial charge on any atom is -0.318 e. The fourth-order valence-electron chi connectivity index (χ4n) is 5.07. The Morgan fingerprint density at radius 1 is 0.938 bits per heavy atom. The van der Waals surface area contributed by atoms with Gasteiger partial charge in [-0.05, 0) is 68.7 Å². The number of rotatable bonds is 5. The fraction of sp³-hybridized carbons (Fsp3) is 1.00. The van der Waals surface area contributed by atoms with Gasteiger partial charge >= 0.3 is 0 Å². The lowest BCUT2D eigenvalue weighted by atomic mass is 9.49. The lowest BCUT2D eigenvalue weighted by Gasteiger charge is -2.57. The molecule has 0 saturated heterocycles. The third-order valence-electron chi connectivity index (χ3n) is 5.22. The fourth-order valence-corrected chi connectivity index (χ4v) is 5.07. The Balaban J connectivity index is 1.56. The van der Waals surface area contributed by atoms with Crippen molar-refractivity contribution in [3.05, 3.63) is 0 Å². The van der Waals surface area contributed by atoms with Crippen LogP contribution in [0.15, 0.2) is 0 Å². The predicted octanol–water partition coefficient (Wildman–Crippen LogP) is 2.01. The molecule has 2 N–H and O–H groups in total. The zero-order valence-corrected chi connectivity index (χ0v) is 10.6. The summed E-state index contributed by atoms with van der Waals surface area (Å²) in [6, 6.07) is 0. The van der Waals surface area contributed by atoms with Crippen molar-refractivity contribution in [2.75, 3.05) is 26.7 Å². The normalized spacial score (nSPS) is 45.2. The van der Waals surface area contributed by atoms with Crippen LogP contribution in [0, 0.1) is 23.2 Å². The van der Waals surface area contributed by atoms with E-state index in [1.807, 2.05) is 7.05 Å². The van der Waals surface area contributed by atoms with E-state index in [-0.39, 0.29) is 0 Å². The molecule has 4 rings (SSSR count). The van der Waals surface area contributed by atoms with E-state index in [4.69, 9.17) is 0 Å². The molecule has 4 bridgehead atoms. The summed E-state index contributed by atoms with van der Waals surface area (Å²) in [6.45, 7) is 3.53. The summed E-state index contributed by atoms with van der Waals surface area (Å²) in [4.78, 5) is 0. The molecule has 16 heavy (non-hydrogen) atoms. The van der Waals surface area contributed by atoms with Gasteiger partial charge in [-0.15, -0.1) is 0 Å². The van der Waals surface area contributed by atoms with E-state index in [2.05, 4.69) is 10.6 Å². The van der Waals surface area contributed by atoms with Gasteiger partial charge < -0.3 is 10.6 Å². The van der Waals surface area contributed by atoms with Crippen molar-refractivity contribution in [1.29, 1.82) is 0 Å². The minimum absolute atomic E-state index is 0.711. The highest BCUT2D eigenvalue weighted by molar-refractivity contribution is 5.02. The Morgan fingerprint density at radius 2 is 1.50 bits per heavy atom.